The smallest absolute Gasteiger partial charge is 0.408 e. The first-order chi connectivity index (χ1) is 6.76. The second kappa shape index (κ2) is 8.16. The third kappa shape index (κ3) is 15.6. The van der Waals surface area contributed by atoms with Crippen LogP contribution in [0.5, 0.6) is 0 Å². The SMILES string of the molecule is C#CC(C)NC(=O)OC(C)(C)C.CCC. The predicted molar refractivity (Wildman–Crippen MR) is 63.6 cm³/mol. The average molecular weight is 213 g/mol. The monoisotopic (exact) mass is 213 g/mol. The summed E-state index contributed by atoms with van der Waals surface area (Å²) in [6.07, 6.45) is 5.84. The number of carbonyl (C=O) groups excluding carboxylic acids is 1. The normalized spacial score (nSPS) is 11.5. The highest BCUT2D eigenvalue weighted by Gasteiger charge is 2.16. The van der Waals surface area contributed by atoms with Crippen molar-refractivity contribution in [2.75, 3.05) is 0 Å². The van der Waals surface area contributed by atoms with Crippen molar-refractivity contribution in [1.82, 2.24) is 5.32 Å². The summed E-state index contributed by atoms with van der Waals surface area (Å²) >= 11 is 0. The molecule has 1 amide bonds. The van der Waals surface area contributed by atoms with Crippen LogP contribution in [0.1, 0.15) is 48.0 Å². The Morgan fingerprint density at radius 2 is 1.87 bits per heavy atom. The fraction of sp³-hybridized carbons (Fsp3) is 0.750. The first kappa shape index (κ1) is 16.3. The molecule has 0 aliphatic carbocycles. The number of terminal acetylenes is 1. The Morgan fingerprint density at radius 1 is 1.47 bits per heavy atom. The molecule has 3 nitrogen and oxygen atoms in total. The minimum absolute atomic E-state index is 0.292. The van der Waals surface area contributed by atoms with Gasteiger partial charge in [-0.15, -0.1) is 6.42 Å². The highest BCUT2D eigenvalue weighted by atomic mass is 16.6. The molecule has 1 unspecified atom stereocenters. The largest absolute Gasteiger partial charge is 0.444 e. The molecule has 1 N–H and O–H groups in total. The molecule has 0 spiro atoms. The van der Waals surface area contributed by atoms with E-state index in [1.54, 1.807) is 27.7 Å². The van der Waals surface area contributed by atoms with E-state index in [1.165, 1.54) is 6.42 Å². The maximum Gasteiger partial charge on any atom is 0.408 e. The van der Waals surface area contributed by atoms with Gasteiger partial charge >= 0.3 is 6.09 Å². The zero-order valence-corrected chi connectivity index (χ0v) is 10.7. The van der Waals surface area contributed by atoms with E-state index in [2.05, 4.69) is 25.1 Å². The van der Waals surface area contributed by atoms with Gasteiger partial charge in [-0.25, -0.2) is 4.79 Å². The van der Waals surface area contributed by atoms with Crippen molar-refractivity contribution in [3.05, 3.63) is 0 Å². The van der Waals surface area contributed by atoms with Crippen molar-refractivity contribution in [3.8, 4) is 12.3 Å². The van der Waals surface area contributed by atoms with Crippen molar-refractivity contribution < 1.29 is 9.53 Å². The van der Waals surface area contributed by atoms with Gasteiger partial charge < -0.3 is 10.1 Å². The van der Waals surface area contributed by atoms with Crippen LogP contribution in [0.4, 0.5) is 4.79 Å². The van der Waals surface area contributed by atoms with E-state index in [1.807, 2.05) is 0 Å². The highest BCUT2D eigenvalue weighted by molar-refractivity contribution is 5.68. The van der Waals surface area contributed by atoms with Crippen LogP contribution in [0.2, 0.25) is 0 Å². The molecular weight excluding hydrogens is 190 g/mol. The van der Waals surface area contributed by atoms with E-state index in [4.69, 9.17) is 11.2 Å². The summed E-state index contributed by atoms with van der Waals surface area (Å²) < 4.78 is 4.96. The van der Waals surface area contributed by atoms with Crippen molar-refractivity contribution in [2.45, 2.75) is 59.6 Å². The maximum absolute atomic E-state index is 11.0. The van der Waals surface area contributed by atoms with E-state index in [9.17, 15) is 4.79 Å². The van der Waals surface area contributed by atoms with E-state index in [0.717, 1.165) is 0 Å². The Labute approximate surface area is 93.6 Å². The molecule has 0 aliphatic rings. The summed E-state index contributed by atoms with van der Waals surface area (Å²) in [6.45, 7) is 11.4. The molecule has 0 aromatic heterocycles. The van der Waals surface area contributed by atoms with Crippen LogP contribution in [-0.4, -0.2) is 17.7 Å². The number of carbonyl (C=O) groups is 1. The maximum atomic E-state index is 11.0. The fourth-order valence-corrected chi connectivity index (χ4v) is 0.526. The molecular formula is C12H23NO2. The Kier molecular flexibility index (Phi) is 8.85. The topological polar surface area (TPSA) is 38.3 Å². The van der Waals surface area contributed by atoms with E-state index in [0.29, 0.717) is 0 Å². The van der Waals surface area contributed by atoms with Gasteiger partial charge in [0, 0.05) is 0 Å². The molecule has 0 heterocycles. The number of hydrogen-bond acceptors (Lipinski definition) is 2. The van der Waals surface area contributed by atoms with Crippen molar-refractivity contribution in [2.24, 2.45) is 0 Å². The third-order valence-electron chi connectivity index (χ3n) is 0.983. The van der Waals surface area contributed by atoms with Crippen LogP contribution in [-0.2, 0) is 4.74 Å². The summed E-state index contributed by atoms with van der Waals surface area (Å²) in [5, 5.41) is 2.49. The van der Waals surface area contributed by atoms with E-state index in [-0.39, 0.29) is 6.04 Å². The second-order valence-electron chi connectivity index (χ2n) is 4.24. The molecule has 0 aromatic carbocycles. The quantitative estimate of drug-likeness (QED) is 0.680. The summed E-state index contributed by atoms with van der Waals surface area (Å²) in [7, 11) is 0. The predicted octanol–water partition coefficient (Wildman–Crippen LogP) is 2.95. The van der Waals surface area contributed by atoms with Crippen molar-refractivity contribution in [1.29, 1.82) is 0 Å². The summed E-state index contributed by atoms with van der Waals surface area (Å²) in [6, 6.07) is -0.292. The zero-order chi connectivity index (χ0) is 12.5. The van der Waals surface area contributed by atoms with Crippen molar-refractivity contribution in [3.63, 3.8) is 0 Å². The van der Waals surface area contributed by atoms with Crippen LogP contribution in [0.3, 0.4) is 0 Å². The fourth-order valence-electron chi connectivity index (χ4n) is 0.526. The lowest BCUT2D eigenvalue weighted by Gasteiger charge is -2.20. The van der Waals surface area contributed by atoms with E-state index >= 15 is 0 Å². The van der Waals surface area contributed by atoms with Gasteiger partial charge in [0.25, 0.3) is 0 Å². The zero-order valence-electron chi connectivity index (χ0n) is 10.7. The summed E-state index contributed by atoms with van der Waals surface area (Å²) in [4.78, 5) is 11.0. The van der Waals surface area contributed by atoms with Gasteiger partial charge in [0.1, 0.15) is 5.60 Å². The number of ether oxygens (including phenoxy) is 1. The van der Waals surface area contributed by atoms with Gasteiger partial charge in [-0.3, -0.25) is 0 Å². The molecule has 0 aliphatic heterocycles. The number of rotatable bonds is 1. The van der Waals surface area contributed by atoms with Gasteiger partial charge in [-0.1, -0.05) is 26.2 Å². The van der Waals surface area contributed by atoms with Gasteiger partial charge in [-0.2, -0.15) is 0 Å². The Bertz CT molecular complexity index is 211. The van der Waals surface area contributed by atoms with Crippen LogP contribution in [0.15, 0.2) is 0 Å². The molecule has 0 saturated carbocycles. The molecule has 0 bridgehead atoms. The minimum atomic E-state index is -0.479. The van der Waals surface area contributed by atoms with Crippen LogP contribution < -0.4 is 5.32 Å². The summed E-state index contributed by atoms with van der Waals surface area (Å²) in [5.74, 6) is 2.37. The molecule has 15 heavy (non-hydrogen) atoms. The minimum Gasteiger partial charge on any atom is -0.444 e. The first-order valence-corrected chi connectivity index (χ1v) is 5.22. The Morgan fingerprint density at radius 3 is 2.13 bits per heavy atom. The van der Waals surface area contributed by atoms with Crippen LogP contribution in [0.25, 0.3) is 0 Å². The van der Waals surface area contributed by atoms with E-state index < -0.39 is 11.7 Å². The lowest BCUT2D eigenvalue weighted by atomic mass is 10.2. The number of alkyl carbamates (subject to hydrolysis) is 1. The highest BCUT2D eigenvalue weighted by Crippen LogP contribution is 2.06. The Hall–Kier alpha value is -1.17. The molecule has 0 fully saturated rings. The molecule has 0 saturated heterocycles. The molecule has 0 rings (SSSR count). The lowest BCUT2D eigenvalue weighted by Crippen LogP contribution is -2.36. The summed E-state index contributed by atoms with van der Waals surface area (Å²) in [5.41, 5.74) is -0.474. The second-order valence-corrected chi connectivity index (χ2v) is 4.24. The van der Waals surface area contributed by atoms with Gasteiger partial charge in [0.05, 0.1) is 6.04 Å². The van der Waals surface area contributed by atoms with Gasteiger partial charge in [-0.05, 0) is 27.7 Å². The van der Waals surface area contributed by atoms with Gasteiger partial charge in [0.2, 0.25) is 0 Å². The average Bonchev–Trinajstić information content (AvgIpc) is 2.01. The van der Waals surface area contributed by atoms with Gasteiger partial charge in [0.15, 0.2) is 0 Å². The van der Waals surface area contributed by atoms with Crippen LogP contribution in [0, 0.1) is 12.3 Å². The number of amides is 1. The Balaban J connectivity index is 0. The first-order valence-electron chi connectivity index (χ1n) is 5.22. The number of hydrogen-bond donors (Lipinski definition) is 1. The molecule has 88 valence electrons. The molecule has 0 radical (unpaired) electrons. The standard InChI is InChI=1S/C9H15NO2.C3H8/c1-6-7(2)10-8(11)12-9(3,4)5;1-3-2/h1,7H,2-5H3,(H,10,11);3H2,1-2H3. The van der Waals surface area contributed by atoms with Crippen molar-refractivity contribution >= 4 is 6.09 Å². The molecule has 3 heteroatoms. The molecule has 1 atom stereocenters. The van der Waals surface area contributed by atoms with Crippen LogP contribution >= 0.6 is 0 Å². The third-order valence-corrected chi connectivity index (χ3v) is 0.983. The lowest BCUT2D eigenvalue weighted by molar-refractivity contribution is 0.0520. The molecule has 0 aromatic rings. The number of nitrogens with one attached hydrogen (secondary N) is 1.